The average molecular weight is 260 g/mol. The Bertz CT molecular complexity index is 255. The van der Waals surface area contributed by atoms with E-state index in [0.717, 1.165) is 41.0 Å². The van der Waals surface area contributed by atoms with Gasteiger partial charge in [0.2, 0.25) is 0 Å². The van der Waals surface area contributed by atoms with Crippen LogP contribution in [0.3, 0.4) is 0 Å². The molecule has 0 aromatic heterocycles. The minimum atomic E-state index is -4.21. The van der Waals surface area contributed by atoms with Gasteiger partial charge in [-0.15, -0.1) is 0 Å². The zero-order valence-electron chi connectivity index (χ0n) is 6.74. The summed E-state index contributed by atoms with van der Waals surface area (Å²) in [6.07, 6.45) is -4.21. The van der Waals surface area contributed by atoms with Gasteiger partial charge >= 0.3 is 78.1 Å². The standard InChI is InChI=1S/C8H6F3.ClH.Zn/c1-6-2-4-7(5-3-6)8(9,10)11;;/h2-5H,1H2;1H;/q;;+1/p-1. The molecule has 0 atom stereocenters. The molecule has 0 unspecified atom stereocenters. The van der Waals surface area contributed by atoms with Gasteiger partial charge in [-0.05, 0) is 0 Å². The van der Waals surface area contributed by atoms with Crippen LogP contribution in [0.15, 0.2) is 24.3 Å². The van der Waals surface area contributed by atoms with Gasteiger partial charge in [0.25, 0.3) is 0 Å². The van der Waals surface area contributed by atoms with Crippen molar-refractivity contribution in [2.24, 2.45) is 0 Å². The molecule has 0 saturated heterocycles. The van der Waals surface area contributed by atoms with Crippen molar-refractivity contribution in [3.63, 3.8) is 0 Å². The fraction of sp³-hybridized carbons (Fsp3) is 0.250. The molecule has 0 heterocycles. The molecule has 0 aliphatic rings. The molecule has 0 aliphatic heterocycles. The van der Waals surface area contributed by atoms with Crippen LogP contribution in [0.5, 0.6) is 0 Å². The second kappa shape index (κ2) is 4.97. The van der Waals surface area contributed by atoms with Crippen LogP contribution in [0.1, 0.15) is 11.1 Å². The van der Waals surface area contributed by atoms with E-state index in [9.17, 15) is 13.2 Å². The predicted octanol–water partition coefficient (Wildman–Crippen LogP) is -0.244. The molecular formula is C8H6ClF3Zn. The molecule has 0 amide bonds. The maximum Gasteiger partial charge on any atom is -1.00 e. The van der Waals surface area contributed by atoms with Crippen molar-refractivity contribution >= 4 is 0 Å². The van der Waals surface area contributed by atoms with E-state index in [-0.39, 0.29) is 12.4 Å². The van der Waals surface area contributed by atoms with Gasteiger partial charge in [0, 0.05) is 0 Å². The minimum Gasteiger partial charge on any atom is -1.00 e. The number of benzene rings is 1. The maximum absolute atomic E-state index is 12.0. The van der Waals surface area contributed by atoms with Crippen molar-refractivity contribution in [1.82, 2.24) is 0 Å². The Hall–Kier alpha value is -0.0766. The van der Waals surface area contributed by atoms with E-state index in [0.29, 0.717) is 0 Å². The number of hydrogen-bond donors (Lipinski definition) is 0. The summed E-state index contributed by atoms with van der Waals surface area (Å²) in [5.41, 5.74) is 0.405. The molecule has 68 valence electrons. The van der Waals surface area contributed by atoms with Gasteiger partial charge in [-0.3, -0.25) is 0 Å². The third-order valence-electron chi connectivity index (χ3n) is 1.57. The second-order valence-electron chi connectivity index (χ2n) is 2.44. The average Bonchev–Trinajstić information content (AvgIpc) is 2.03. The van der Waals surface area contributed by atoms with Crippen molar-refractivity contribution in [2.75, 3.05) is 0 Å². The van der Waals surface area contributed by atoms with E-state index < -0.39 is 11.7 Å². The molecule has 0 saturated carbocycles. The second-order valence-corrected chi connectivity index (χ2v) is 3.49. The molecule has 1 rings (SSSR count). The van der Waals surface area contributed by atoms with Crippen molar-refractivity contribution in [3.8, 4) is 0 Å². The van der Waals surface area contributed by atoms with E-state index in [1.54, 1.807) is 0 Å². The molecule has 0 bridgehead atoms. The SMILES string of the molecule is FC(F)(F)c1ccc([CH2][Zn+])cc1.[Cl-]. The van der Waals surface area contributed by atoms with E-state index in [4.69, 9.17) is 0 Å². The summed E-state index contributed by atoms with van der Waals surface area (Å²) in [4.78, 5) is 0. The van der Waals surface area contributed by atoms with Crippen LogP contribution in [0.4, 0.5) is 13.2 Å². The summed E-state index contributed by atoms with van der Waals surface area (Å²) < 4.78 is 36.1. The molecular weight excluding hydrogens is 254 g/mol. The number of hydrogen-bond acceptors (Lipinski definition) is 0. The Balaban J connectivity index is 0.00000144. The summed E-state index contributed by atoms with van der Waals surface area (Å²) in [6.45, 7) is 0. The molecule has 0 fully saturated rings. The Morgan fingerprint density at radius 2 is 1.54 bits per heavy atom. The Labute approximate surface area is 90.6 Å². The summed E-state index contributed by atoms with van der Waals surface area (Å²) >= 11 is 1.07. The van der Waals surface area contributed by atoms with Crippen LogP contribution in [0.25, 0.3) is 0 Å². The number of rotatable bonds is 1. The largest absolute Gasteiger partial charge is 1.00 e. The van der Waals surface area contributed by atoms with Crippen molar-refractivity contribution in [2.45, 2.75) is 11.2 Å². The van der Waals surface area contributed by atoms with Crippen molar-refractivity contribution < 1.29 is 43.9 Å². The van der Waals surface area contributed by atoms with Crippen LogP contribution in [-0.2, 0) is 29.5 Å². The normalized spacial score (nSPS) is 10.8. The van der Waals surface area contributed by atoms with Crippen molar-refractivity contribution in [1.29, 1.82) is 0 Å². The fourth-order valence-electron chi connectivity index (χ4n) is 0.860. The molecule has 0 radical (unpaired) electrons. The van der Waals surface area contributed by atoms with E-state index in [1.807, 2.05) is 0 Å². The van der Waals surface area contributed by atoms with E-state index in [2.05, 4.69) is 0 Å². The first-order valence-corrected chi connectivity index (χ1v) is 5.59. The van der Waals surface area contributed by atoms with E-state index >= 15 is 0 Å². The van der Waals surface area contributed by atoms with Gasteiger partial charge in [0.15, 0.2) is 0 Å². The quantitative estimate of drug-likeness (QED) is 0.611. The zero-order valence-corrected chi connectivity index (χ0v) is 10.5. The van der Waals surface area contributed by atoms with Gasteiger partial charge < -0.3 is 12.4 Å². The third kappa shape index (κ3) is 3.65. The molecule has 0 N–H and O–H groups in total. The third-order valence-corrected chi connectivity index (χ3v) is 2.78. The van der Waals surface area contributed by atoms with Crippen LogP contribution in [0.2, 0.25) is 0 Å². The predicted molar refractivity (Wildman–Crippen MR) is 35.1 cm³/mol. The van der Waals surface area contributed by atoms with Crippen LogP contribution in [0, 0.1) is 0 Å². The van der Waals surface area contributed by atoms with E-state index in [1.165, 1.54) is 12.1 Å². The first-order chi connectivity index (χ1) is 5.54. The molecule has 0 spiro atoms. The molecule has 1 aromatic rings. The monoisotopic (exact) mass is 258 g/mol. The Morgan fingerprint density at radius 3 is 1.85 bits per heavy atom. The first-order valence-electron chi connectivity index (χ1n) is 3.49. The van der Waals surface area contributed by atoms with Crippen LogP contribution in [-0.4, -0.2) is 0 Å². The summed E-state index contributed by atoms with van der Waals surface area (Å²) in [6, 6.07) is 5.33. The topological polar surface area (TPSA) is 0 Å². The van der Waals surface area contributed by atoms with Crippen LogP contribution >= 0.6 is 0 Å². The first kappa shape index (κ1) is 12.9. The summed E-state index contributed by atoms with van der Waals surface area (Å²) in [5, 5.41) is 0.887. The molecule has 0 aliphatic carbocycles. The zero-order chi connectivity index (χ0) is 9.19. The Kier molecular flexibility index (Phi) is 4.94. The Morgan fingerprint density at radius 1 is 1.08 bits per heavy atom. The van der Waals surface area contributed by atoms with Gasteiger partial charge in [0.1, 0.15) is 0 Å². The van der Waals surface area contributed by atoms with Gasteiger partial charge in [-0.2, -0.15) is 0 Å². The minimum absolute atomic E-state index is 0. The number of alkyl halides is 3. The summed E-state index contributed by atoms with van der Waals surface area (Å²) in [7, 11) is 0. The molecule has 0 nitrogen and oxygen atoms in total. The molecule has 13 heavy (non-hydrogen) atoms. The fourth-order valence-corrected chi connectivity index (χ4v) is 1.56. The smallest absolute Gasteiger partial charge is 1.00 e. The van der Waals surface area contributed by atoms with Gasteiger partial charge in [-0.25, -0.2) is 0 Å². The molecule has 1 aromatic carbocycles. The maximum atomic E-state index is 12.0. The van der Waals surface area contributed by atoms with Crippen LogP contribution < -0.4 is 12.4 Å². The summed E-state index contributed by atoms with van der Waals surface area (Å²) in [5.74, 6) is 0. The van der Waals surface area contributed by atoms with Gasteiger partial charge in [0.05, 0.1) is 0 Å². The number of halogens is 4. The molecule has 5 heteroatoms. The van der Waals surface area contributed by atoms with Crippen molar-refractivity contribution in [3.05, 3.63) is 35.4 Å². The van der Waals surface area contributed by atoms with Gasteiger partial charge in [-0.1, -0.05) is 0 Å².